The van der Waals surface area contributed by atoms with Gasteiger partial charge in [-0.15, -0.1) is 0 Å². The van der Waals surface area contributed by atoms with E-state index in [1.165, 1.54) is 12.8 Å². The van der Waals surface area contributed by atoms with E-state index >= 15 is 0 Å². The van der Waals surface area contributed by atoms with Crippen LogP contribution in [0.15, 0.2) is 0 Å². The maximum Gasteiger partial charge on any atom is 0.148 e. The summed E-state index contributed by atoms with van der Waals surface area (Å²) in [5, 5.41) is 0. The summed E-state index contributed by atoms with van der Waals surface area (Å²) >= 11 is 0. The molecule has 1 aliphatic heterocycles. The van der Waals surface area contributed by atoms with Gasteiger partial charge in [-0.2, -0.15) is 0 Å². The third-order valence-corrected chi connectivity index (χ3v) is 4.10. The lowest BCUT2D eigenvalue weighted by molar-refractivity contribution is 0.0340. The topological polar surface area (TPSA) is 76.3 Å². The minimum Gasteiger partial charge on any atom is -0.375 e. The van der Waals surface area contributed by atoms with Gasteiger partial charge in [0.25, 0.3) is 0 Å². The minimum absolute atomic E-state index is 0.222. The van der Waals surface area contributed by atoms with Crippen molar-refractivity contribution >= 4 is 11.6 Å². The van der Waals surface area contributed by atoms with Crippen LogP contribution in [0, 0.1) is 6.92 Å². The van der Waals surface area contributed by atoms with E-state index in [1.807, 2.05) is 6.92 Å². The average molecular weight is 277 g/mol. The molecule has 1 aromatic heterocycles. The zero-order chi connectivity index (χ0) is 14.3. The van der Waals surface area contributed by atoms with Crippen molar-refractivity contribution in [1.82, 2.24) is 9.97 Å². The maximum absolute atomic E-state index is 5.70. The van der Waals surface area contributed by atoms with Crippen LogP contribution in [0.3, 0.4) is 0 Å². The predicted octanol–water partition coefficient (Wildman–Crippen LogP) is 1.56. The van der Waals surface area contributed by atoms with Crippen molar-refractivity contribution < 1.29 is 4.74 Å². The Morgan fingerprint density at radius 2 is 2.05 bits per heavy atom. The zero-order valence-corrected chi connectivity index (χ0v) is 12.4. The predicted molar refractivity (Wildman–Crippen MR) is 78.8 cm³/mol. The number of rotatable bonds is 3. The van der Waals surface area contributed by atoms with Gasteiger partial charge in [-0.05, 0) is 33.6 Å². The van der Waals surface area contributed by atoms with Crippen LogP contribution in [-0.4, -0.2) is 35.3 Å². The molecule has 0 aromatic carbocycles. The smallest absolute Gasteiger partial charge is 0.148 e. The van der Waals surface area contributed by atoms with Crippen LogP contribution in [0.5, 0.6) is 0 Å². The molecule has 2 unspecified atom stereocenters. The van der Waals surface area contributed by atoms with E-state index in [0.29, 0.717) is 12.0 Å². The SMILES string of the molecule is Cc1c(NN)nc(C2CC2)nc1N1CC(C)OCC1C. The molecule has 2 heterocycles. The minimum atomic E-state index is 0.222. The number of hydrogen-bond acceptors (Lipinski definition) is 6. The molecule has 20 heavy (non-hydrogen) atoms. The van der Waals surface area contributed by atoms with E-state index in [9.17, 15) is 0 Å². The molecule has 6 nitrogen and oxygen atoms in total. The summed E-state index contributed by atoms with van der Waals surface area (Å²) in [5.41, 5.74) is 3.73. The molecule has 3 rings (SSSR count). The molecular formula is C14H23N5O. The Bertz CT molecular complexity index is 503. The lowest BCUT2D eigenvalue weighted by Gasteiger charge is -2.38. The molecule has 1 aliphatic carbocycles. The van der Waals surface area contributed by atoms with E-state index in [2.05, 4.69) is 29.2 Å². The number of morpholine rings is 1. The van der Waals surface area contributed by atoms with Crippen molar-refractivity contribution in [3.8, 4) is 0 Å². The highest BCUT2D eigenvalue weighted by atomic mass is 16.5. The second kappa shape index (κ2) is 5.18. The molecule has 0 bridgehead atoms. The number of ether oxygens (including phenoxy) is 1. The van der Waals surface area contributed by atoms with Crippen molar-refractivity contribution in [3.63, 3.8) is 0 Å². The summed E-state index contributed by atoms with van der Waals surface area (Å²) in [6.45, 7) is 7.87. The third kappa shape index (κ3) is 2.45. The Kier molecular flexibility index (Phi) is 3.52. The van der Waals surface area contributed by atoms with Crippen LogP contribution in [0.25, 0.3) is 0 Å². The quantitative estimate of drug-likeness (QED) is 0.645. The molecule has 0 amide bonds. The van der Waals surface area contributed by atoms with Gasteiger partial charge in [0, 0.05) is 18.0 Å². The number of nitrogens with one attached hydrogen (secondary N) is 1. The first-order valence-electron chi connectivity index (χ1n) is 7.33. The molecule has 3 N–H and O–H groups in total. The molecule has 6 heteroatoms. The third-order valence-electron chi connectivity index (χ3n) is 4.10. The zero-order valence-electron chi connectivity index (χ0n) is 12.4. The molecule has 2 fully saturated rings. The van der Waals surface area contributed by atoms with Crippen molar-refractivity contribution in [2.75, 3.05) is 23.5 Å². The molecule has 2 aliphatic rings. The maximum atomic E-state index is 5.70. The number of hydrazine groups is 1. The van der Waals surface area contributed by atoms with Gasteiger partial charge in [-0.25, -0.2) is 15.8 Å². The summed E-state index contributed by atoms with van der Waals surface area (Å²) in [6, 6.07) is 0.317. The lowest BCUT2D eigenvalue weighted by atomic mass is 10.1. The van der Waals surface area contributed by atoms with Gasteiger partial charge in [0.1, 0.15) is 17.5 Å². The second-order valence-electron chi connectivity index (χ2n) is 5.94. The number of nitrogens with zero attached hydrogens (tertiary/aromatic N) is 3. The molecule has 0 radical (unpaired) electrons. The van der Waals surface area contributed by atoms with Crippen LogP contribution >= 0.6 is 0 Å². The van der Waals surface area contributed by atoms with E-state index in [4.69, 9.17) is 15.6 Å². The van der Waals surface area contributed by atoms with E-state index < -0.39 is 0 Å². The number of anilines is 2. The Balaban J connectivity index is 1.99. The fourth-order valence-electron chi connectivity index (χ4n) is 2.66. The highest BCUT2D eigenvalue weighted by Gasteiger charge is 2.31. The van der Waals surface area contributed by atoms with Gasteiger partial charge in [-0.1, -0.05) is 0 Å². The van der Waals surface area contributed by atoms with Crippen molar-refractivity contribution in [1.29, 1.82) is 0 Å². The van der Waals surface area contributed by atoms with E-state index in [-0.39, 0.29) is 6.10 Å². The highest BCUT2D eigenvalue weighted by molar-refractivity contribution is 5.59. The molecule has 1 saturated heterocycles. The first kappa shape index (κ1) is 13.6. The number of hydrogen-bond donors (Lipinski definition) is 2. The normalized spacial score (nSPS) is 26.7. The first-order chi connectivity index (χ1) is 9.60. The molecule has 1 aromatic rings. The second-order valence-corrected chi connectivity index (χ2v) is 5.94. The van der Waals surface area contributed by atoms with Gasteiger partial charge in [0.2, 0.25) is 0 Å². The van der Waals surface area contributed by atoms with Crippen molar-refractivity contribution in [2.24, 2.45) is 5.84 Å². The van der Waals surface area contributed by atoms with Crippen LogP contribution in [0.2, 0.25) is 0 Å². The lowest BCUT2D eigenvalue weighted by Crippen LogP contribution is -2.48. The fourth-order valence-corrected chi connectivity index (χ4v) is 2.66. The summed E-state index contributed by atoms with van der Waals surface area (Å²) in [5.74, 6) is 8.78. The van der Waals surface area contributed by atoms with Crippen LogP contribution in [-0.2, 0) is 4.74 Å². The highest BCUT2D eigenvalue weighted by Crippen LogP contribution is 2.40. The summed E-state index contributed by atoms with van der Waals surface area (Å²) in [4.78, 5) is 11.7. The number of nitrogen functional groups attached to an aromatic ring is 1. The van der Waals surface area contributed by atoms with Crippen LogP contribution < -0.4 is 16.2 Å². The average Bonchev–Trinajstić information content (AvgIpc) is 3.26. The van der Waals surface area contributed by atoms with Crippen LogP contribution in [0.1, 0.15) is 44.0 Å². The Morgan fingerprint density at radius 1 is 1.30 bits per heavy atom. The molecule has 110 valence electrons. The van der Waals surface area contributed by atoms with Gasteiger partial charge in [-0.3, -0.25) is 0 Å². The molecule has 2 atom stereocenters. The van der Waals surface area contributed by atoms with Gasteiger partial charge < -0.3 is 15.1 Å². The van der Waals surface area contributed by atoms with Crippen molar-refractivity contribution in [2.45, 2.75) is 51.7 Å². The Labute approximate surface area is 119 Å². The first-order valence-corrected chi connectivity index (χ1v) is 7.33. The van der Waals surface area contributed by atoms with Gasteiger partial charge >= 0.3 is 0 Å². The van der Waals surface area contributed by atoms with E-state index in [0.717, 1.165) is 36.2 Å². The summed E-state index contributed by atoms with van der Waals surface area (Å²) in [7, 11) is 0. The Morgan fingerprint density at radius 3 is 2.70 bits per heavy atom. The fraction of sp³-hybridized carbons (Fsp3) is 0.714. The van der Waals surface area contributed by atoms with E-state index in [1.54, 1.807) is 0 Å². The molecule has 1 saturated carbocycles. The van der Waals surface area contributed by atoms with Gasteiger partial charge in [0.05, 0.1) is 18.8 Å². The largest absolute Gasteiger partial charge is 0.375 e. The number of aromatic nitrogens is 2. The standard InChI is InChI=1S/C14H23N5O/c1-8-7-20-9(2)6-19(8)14-10(3)12(18-15)16-13(17-14)11-4-5-11/h8-9,11H,4-7,15H2,1-3H3,(H,16,17,18). The van der Waals surface area contributed by atoms with Gasteiger partial charge in [0.15, 0.2) is 0 Å². The number of nitrogens with two attached hydrogens (primary N) is 1. The monoisotopic (exact) mass is 277 g/mol. The summed E-state index contributed by atoms with van der Waals surface area (Å²) in [6.07, 6.45) is 2.59. The Hall–Kier alpha value is -1.40. The van der Waals surface area contributed by atoms with Crippen molar-refractivity contribution in [3.05, 3.63) is 11.4 Å². The molecule has 0 spiro atoms. The molecular weight excluding hydrogens is 254 g/mol. The summed E-state index contributed by atoms with van der Waals surface area (Å²) < 4.78 is 5.70. The van der Waals surface area contributed by atoms with Crippen LogP contribution in [0.4, 0.5) is 11.6 Å².